The van der Waals surface area contributed by atoms with E-state index in [1.165, 1.54) is 52.5 Å². The van der Waals surface area contributed by atoms with Gasteiger partial charge in [0.05, 0.1) is 78.6 Å². The van der Waals surface area contributed by atoms with E-state index in [1.54, 1.807) is 68.6 Å². The number of hydrogen-bond donors (Lipinski definition) is 5. The maximum absolute atomic E-state index is 13.3. The molecular weight excluding hydrogens is 983 g/mol. The fraction of sp³-hybridized carbons (Fsp3) is 0.354. The summed E-state index contributed by atoms with van der Waals surface area (Å²) in [5, 5.41) is 12.4. The number of ether oxygens (including phenoxy) is 5. The molecular formula is C48H63N5O17S2. The van der Waals surface area contributed by atoms with Crippen LogP contribution in [0.4, 0.5) is 11.4 Å². The molecule has 4 aromatic carbocycles. The lowest BCUT2D eigenvalue weighted by Crippen LogP contribution is -2.37. The second-order valence-electron chi connectivity index (χ2n) is 15.0. The van der Waals surface area contributed by atoms with Crippen LogP contribution in [0, 0.1) is 0 Å². The van der Waals surface area contributed by atoms with Crippen LogP contribution in [0.15, 0.2) is 72.8 Å². The number of fused-ring (bicyclic) bond motifs is 2. The molecule has 0 aliphatic carbocycles. The van der Waals surface area contributed by atoms with E-state index >= 15 is 0 Å². The second kappa shape index (κ2) is 28.4. The van der Waals surface area contributed by atoms with Gasteiger partial charge in [0.25, 0.3) is 17.8 Å². The molecule has 4 amide bonds. The molecule has 0 spiro atoms. The van der Waals surface area contributed by atoms with Crippen LogP contribution in [0.3, 0.4) is 0 Å². The third-order valence-corrected chi connectivity index (χ3v) is 11.2. The maximum Gasteiger partial charge on any atom is 0.349 e. The Morgan fingerprint density at radius 2 is 1.08 bits per heavy atom. The molecule has 22 nitrogen and oxygen atoms in total. The number of anilines is 2. The molecule has 0 radical (unpaired) electrons. The van der Waals surface area contributed by atoms with Gasteiger partial charge in [-0.25, -0.2) is 26.4 Å². The lowest BCUT2D eigenvalue weighted by Gasteiger charge is -2.27. The van der Waals surface area contributed by atoms with Crippen molar-refractivity contribution in [1.82, 2.24) is 4.90 Å². The Balaban J connectivity index is 0.000000548. The van der Waals surface area contributed by atoms with E-state index in [4.69, 9.17) is 34.6 Å². The van der Waals surface area contributed by atoms with Crippen LogP contribution in [0.2, 0.25) is 0 Å². The minimum atomic E-state index is -3.60. The first-order valence-corrected chi connectivity index (χ1v) is 25.3. The lowest BCUT2D eigenvalue weighted by atomic mass is 10.1. The number of nitrogens with zero attached hydrogens (tertiary/aromatic N) is 1. The molecule has 2 atom stereocenters. The van der Waals surface area contributed by atoms with Gasteiger partial charge >= 0.3 is 11.9 Å². The van der Waals surface area contributed by atoms with E-state index in [0.717, 1.165) is 18.1 Å². The third kappa shape index (κ3) is 18.1. The van der Waals surface area contributed by atoms with Gasteiger partial charge in [0.15, 0.2) is 23.0 Å². The predicted molar refractivity (Wildman–Crippen MR) is 269 cm³/mol. The fourth-order valence-electron chi connectivity index (χ4n) is 6.70. The minimum absolute atomic E-state index is 0. The average Bonchev–Trinajstić information content (AvgIpc) is 3.72. The van der Waals surface area contributed by atoms with Gasteiger partial charge in [0.1, 0.15) is 19.7 Å². The zero-order valence-corrected chi connectivity index (χ0v) is 42.4. The Morgan fingerprint density at radius 1 is 0.653 bits per heavy atom. The number of rotatable bonds is 15. The molecule has 24 heteroatoms. The van der Waals surface area contributed by atoms with Gasteiger partial charge in [-0.3, -0.25) is 28.9 Å². The minimum Gasteiger partial charge on any atom is -0.493 e. The smallest absolute Gasteiger partial charge is 0.349 e. The number of benzene rings is 4. The normalized spacial score (nSPS) is 12.8. The van der Waals surface area contributed by atoms with Crippen molar-refractivity contribution in [1.29, 1.82) is 0 Å². The molecule has 0 saturated carbocycles. The van der Waals surface area contributed by atoms with Gasteiger partial charge in [-0.05, 0) is 80.6 Å². The zero-order chi connectivity index (χ0) is 54.0. The Labute approximate surface area is 419 Å². The number of nitrogens with one attached hydrogen (secondary N) is 2. The number of carboxylic acid groups (broad SMARTS) is 1. The first-order valence-electron chi connectivity index (χ1n) is 21.2. The number of aliphatic carboxylic acids is 1. The lowest BCUT2D eigenvalue weighted by molar-refractivity contribution is -0.134. The van der Waals surface area contributed by atoms with Crippen molar-refractivity contribution in [2.45, 2.75) is 54.1 Å². The van der Waals surface area contributed by atoms with Crippen LogP contribution in [0.5, 0.6) is 23.0 Å². The van der Waals surface area contributed by atoms with Gasteiger partial charge < -0.3 is 50.9 Å². The second-order valence-corrected chi connectivity index (χ2v) is 19.4. The number of amides is 4. The number of carbonyl (C=O) groups excluding carboxylic acids is 6. The molecule has 0 aromatic heterocycles. The van der Waals surface area contributed by atoms with E-state index in [1.807, 2.05) is 6.92 Å². The number of cyclic esters (lactones) is 2. The number of imide groups is 1. The van der Waals surface area contributed by atoms with Gasteiger partial charge in [-0.15, -0.1) is 0 Å². The first-order chi connectivity index (χ1) is 33.3. The summed E-state index contributed by atoms with van der Waals surface area (Å²) in [6.07, 6.45) is 2.20. The summed E-state index contributed by atoms with van der Waals surface area (Å²) in [6.45, 7) is 8.18. The van der Waals surface area contributed by atoms with Crippen molar-refractivity contribution in [3.63, 3.8) is 0 Å². The van der Waals surface area contributed by atoms with Gasteiger partial charge in [-0.1, -0.05) is 31.7 Å². The number of sulfone groups is 2. The van der Waals surface area contributed by atoms with Crippen molar-refractivity contribution in [2.24, 2.45) is 11.5 Å². The largest absolute Gasteiger partial charge is 0.493 e. The Morgan fingerprint density at radius 3 is 1.51 bits per heavy atom. The molecule has 2 aliphatic heterocycles. The molecule has 2 heterocycles. The van der Waals surface area contributed by atoms with E-state index < -0.39 is 73.1 Å². The molecule has 6 rings (SSSR count). The predicted octanol–water partition coefficient (Wildman–Crippen LogP) is 4.83. The zero-order valence-electron chi connectivity index (χ0n) is 40.8. The summed E-state index contributed by atoms with van der Waals surface area (Å²) in [6, 6.07) is 17.4. The highest BCUT2D eigenvalue weighted by molar-refractivity contribution is 7.90. The van der Waals surface area contributed by atoms with E-state index in [0.29, 0.717) is 53.0 Å². The summed E-state index contributed by atoms with van der Waals surface area (Å²) in [5.74, 6) is -2.87. The molecule has 2 aliphatic rings. The van der Waals surface area contributed by atoms with Crippen LogP contribution >= 0.6 is 0 Å². The molecule has 7 N–H and O–H groups in total. The molecule has 0 fully saturated rings. The van der Waals surface area contributed by atoms with Crippen LogP contribution in [-0.2, 0) is 38.8 Å². The Kier molecular flexibility index (Phi) is 24.7. The third-order valence-electron chi connectivity index (χ3n) is 9.28. The summed E-state index contributed by atoms with van der Waals surface area (Å²) in [4.78, 5) is 81.3. The molecule has 0 unspecified atom stereocenters. The van der Waals surface area contributed by atoms with Crippen molar-refractivity contribution >= 4 is 72.6 Å². The molecule has 4 aromatic rings. The van der Waals surface area contributed by atoms with Gasteiger partial charge in [0.2, 0.25) is 11.8 Å². The highest BCUT2D eigenvalue weighted by Gasteiger charge is 2.43. The van der Waals surface area contributed by atoms with Crippen molar-refractivity contribution in [2.75, 3.05) is 69.1 Å². The number of esters is 2. The summed E-state index contributed by atoms with van der Waals surface area (Å²) >= 11 is 0. The highest BCUT2D eigenvalue weighted by atomic mass is 32.2. The van der Waals surface area contributed by atoms with E-state index in [9.17, 15) is 45.6 Å². The number of nitrogens with two attached hydrogens (primary N) is 2. The average molecular weight is 1050 g/mol. The van der Waals surface area contributed by atoms with Gasteiger partial charge in [0, 0.05) is 39.3 Å². The van der Waals surface area contributed by atoms with Gasteiger partial charge in [-0.2, -0.15) is 0 Å². The number of methoxy groups -OCH3 is 2. The van der Waals surface area contributed by atoms with Crippen molar-refractivity contribution in [3.8, 4) is 23.0 Å². The molecule has 72 heavy (non-hydrogen) atoms. The van der Waals surface area contributed by atoms with Crippen molar-refractivity contribution in [3.05, 3.63) is 106 Å². The number of hydrogen-bond acceptors (Lipinski definition) is 18. The monoisotopic (exact) mass is 1050 g/mol. The number of carbonyl (C=O) groups is 7. The van der Waals surface area contributed by atoms with Crippen LogP contribution < -0.4 is 41.0 Å². The summed E-state index contributed by atoms with van der Waals surface area (Å²) < 4.78 is 72.8. The quantitative estimate of drug-likeness (QED) is 0.0604. The van der Waals surface area contributed by atoms with Crippen LogP contribution in [-0.4, -0.2) is 127 Å². The van der Waals surface area contributed by atoms with E-state index in [-0.39, 0.29) is 47.0 Å². The summed E-state index contributed by atoms with van der Waals surface area (Å²) in [5.41, 5.74) is 12.4. The fourth-order valence-corrected chi connectivity index (χ4v) is 8.46. The SMILES string of the molecule is C.CC(=O)Nc1cccc2c1C(=O)OC2=O.CC(=O)O.CCOc1cc([C@@H](CS(C)(=O)=O)N2C(=O)c3cccc(NC(C)=O)c3C2=O)ccc1OC.CCOc1cc([C@H](N)CS(C)(=O)=O)ccc1OC.CN. The first kappa shape index (κ1) is 62.6. The maximum atomic E-state index is 13.3. The standard InChI is InChI=1S/C22H24N2O7S.C12H19NO4S.C10H7NO4.C2H4O2.CH5N.CH4/c1-5-31-19-11-14(9-10-18(19)30-3)17(12-32(4,28)29)24-21(26)15-7-6-8-16(23-13(2)25)20(15)22(24)27;1-4-17-12-7-9(5-6-11(12)16-2)10(13)8-18(3,14)15;1-5(12)11-7-4-2-3-6-8(7)10(14)15-9(6)13;1-2(3)4;1-2;/h6-11,17H,5,12H2,1-4H3,(H,23,25);5-7,10H,4,8,13H2,1-3H3;2-4H,1H3,(H,11,12);1H3,(H,3,4);2H2,1H3;1H4/t17-;10-;;;;/m11..../s1. The van der Waals surface area contributed by atoms with Crippen molar-refractivity contribution < 1.29 is 79.2 Å². The van der Waals surface area contributed by atoms with Crippen LogP contribution in [0.25, 0.3) is 0 Å². The van der Waals surface area contributed by atoms with Crippen LogP contribution in [0.1, 0.15) is 107 Å². The number of carboxylic acids is 1. The highest BCUT2D eigenvalue weighted by Crippen LogP contribution is 2.39. The molecule has 0 bridgehead atoms. The summed E-state index contributed by atoms with van der Waals surface area (Å²) in [7, 11) is -2.19. The Bertz CT molecular complexity index is 2830. The Hall–Kier alpha value is -7.41. The van der Waals surface area contributed by atoms with E-state index in [2.05, 4.69) is 21.1 Å². The topological polar surface area (TPSA) is 333 Å². The molecule has 0 saturated heterocycles. The molecule has 394 valence electrons.